The van der Waals surface area contributed by atoms with Crippen LogP contribution in [0.25, 0.3) is 11.4 Å². The lowest BCUT2D eigenvalue weighted by molar-refractivity contribution is -0.136. The Bertz CT molecular complexity index is 720. The standard InChI is InChI=1S/C19H27N5O2/c1-14-4-6-16(7-5-14)18-21-17(26-22-18)13-23-8-10-24(11-9-23)19(25)15(2)12-20-3/h4-7,15,20H,8-13H2,1-3H3. The van der Waals surface area contributed by atoms with E-state index >= 15 is 0 Å². The van der Waals surface area contributed by atoms with Crippen molar-refractivity contribution in [2.45, 2.75) is 20.4 Å². The average molecular weight is 357 g/mol. The molecule has 2 heterocycles. The Morgan fingerprint density at radius 1 is 1.23 bits per heavy atom. The molecule has 1 aliphatic rings. The number of aromatic nitrogens is 2. The van der Waals surface area contributed by atoms with Gasteiger partial charge < -0.3 is 14.7 Å². The van der Waals surface area contributed by atoms with Gasteiger partial charge in [-0.3, -0.25) is 9.69 Å². The van der Waals surface area contributed by atoms with Crippen molar-refractivity contribution in [3.05, 3.63) is 35.7 Å². The maximum Gasteiger partial charge on any atom is 0.241 e. The molecule has 1 amide bonds. The molecule has 1 aromatic heterocycles. The first kappa shape index (κ1) is 18.5. The van der Waals surface area contributed by atoms with E-state index in [4.69, 9.17) is 4.52 Å². The smallest absolute Gasteiger partial charge is 0.241 e. The molecule has 0 bridgehead atoms. The minimum atomic E-state index is 0.0135. The molecule has 0 saturated carbocycles. The Labute approximate surface area is 154 Å². The van der Waals surface area contributed by atoms with Crippen LogP contribution in [0.4, 0.5) is 0 Å². The normalized spacial score (nSPS) is 16.7. The van der Waals surface area contributed by atoms with Crippen LogP contribution in [0.3, 0.4) is 0 Å². The molecular formula is C19H27N5O2. The lowest BCUT2D eigenvalue weighted by Crippen LogP contribution is -2.50. The fraction of sp³-hybridized carbons (Fsp3) is 0.526. The van der Waals surface area contributed by atoms with E-state index in [0.29, 0.717) is 24.8 Å². The molecule has 1 atom stereocenters. The number of carbonyl (C=O) groups excluding carboxylic acids is 1. The van der Waals surface area contributed by atoms with Crippen LogP contribution in [0.2, 0.25) is 0 Å². The van der Waals surface area contributed by atoms with E-state index < -0.39 is 0 Å². The van der Waals surface area contributed by atoms with Gasteiger partial charge >= 0.3 is 0 Å². The van der Waals surface area contributed by atoms with Gasteiger partial charge in [0.05, 0.1) is 6.54 Å². The lowest BCUT2D eigenvalue weighted by atomic mass is 10.1. The number of carbonyl (C=O) groups is 1. The molecular weight excluding hydrogens is 330 g/mol. The fourth-order valence-corrected chi connectivity index (χ4v) is 3.16. The van der Waals surface area contributed by atoms with E-state index in [2.05, 4.69) is 27.3 Å². The lowest BCUT2D eigenvalue weighted by Gasteiger charge is -2.35. The highest BCUT2D eigenvalue weighted by atomic mass is 16.5. The molecule has 1 N–H and O–H groups in total. The Morgan fingerprint density at radius 3 is 2.58 bits per heavy atom. The summed E-state index contributed by atoms with van der Waals surface area (Å²) in [5, 5.41) is 7.15. The summed E-state index contributed by atoms with van der Waals surface area (Å²) < 4.78 is 5.40. The second kappa shape index (κ2) is 8.42. The van der Waals surface area contributed by atoms with Gasteiger partial charge in [0.25, 0.3) is 0 Å². The van der Waals surface area contributed by atoms with Gasteiger partial charge in [-0.1, -0.05) is 41.9 Å². The van der Waals surface area contributed by atoms with Gasteiger partial charge in [0.15, 0.2) is 0 Å². The Morgan fingerprint density at radius 2 is 1.92 bits per heavy atom. The summed E-state index contributed by atoms with van der Waals surface area (Å²) in [4.78, 5) is 21.1. The van der Waals surface area contributed by atoms with E-state index in [9.17, 15) is 4.79 Å². The molecule has 7 nitrogen and oxygen atoms in total. The van der Waals surface area contributed by atoms with Crippen molar-refractivity contribution >= 4 is 5.91 Å². The Balaban J connectivity index is 1.52. The predicted octanol–water partition coefficient (Wildman–Crippen LogP) is 1.54. The van der Waals surface area contributed by atoms with Gasteiger partial charge in [0.1, 0.15) is 0 Å². The molecule has 2 aromatic rings. The van der Waals surface area contributed by atoms with Crippen LogP contribution >= 0.6 is 0 Å². The van der Waals surface area contributed by atoms with Crippen LogP contribution in [-0.2, 0) is 11.3 Å². The SMILES string of the molecule is CNCC(C)C(=O)N1CCN(Cc2nc(-c3ccc(C)cc3)no2)CC1. The van der Waals surface area contributed by atoms with Gasteiger partial charge in [-0.2, -0.15) is 4.98 Å². The molecule has 3 rings (SSSR count). The zero-order valence-electron chi connectivity index (χ0n) is 15.7. The summed E-state index contributed by atoms with van der Waals surface area (Å²) in [6, 6.07) is 8.08. The van der Waals surface area contributed by atoms with Gasteiger partial charge in [-0.05, 0) is 14.0 Å². The number of hydrogen-bond donors (Lipinski definition) is 1. The van der Waals surface area contributed by atoms with Crippen LogP contribution in [-0.4, -0.2) is 65.6 Å². The summed E-state index contributed by atoms with van der Waals surface area (Å²) >= 11 is 0. The first-order chi connectivity index (χ1) is 12.6. The van der Waals surface area contributed by atoms with Gasteiger partial charge in [0, 0.05) is 44.2 Å². The molecule has 7 heteroatoms. The number of hydrogen-bond acceptors (Lipinski definition) is 6. The summed E-state index contributed by atoms with van der Waals surface area (Å²) in [6.07, 6.45) is 0. The van der Waals surface area contributed by atoms with E-state index in [-0.39, 0.29) is 11.8 Å². The van der Waals surface area contributed by atoms with Gasteiger partial charge in [0.2, 0.25) is 17.6 Å². The molecule has 0 spiro atoms. The maximum atomic E-state index is 12.4. The first-order valence-electron chi connectivity index (χ1n) is 9.12. The Hall–Kier alpha value is -2.25. The van der Waals surface area contributed by atoms with Crippen molar-refractivity contribution in [3.8, 4) is 11.4 Å². The number of nitrogens with one attached hydrogen (secondary N) is 1. The largest absolute Gasteiger partial charge is 0.340 e. The molecule has 1 saturated heterocycles. The zero-order valence-corrected chi connectivity index (χ0v) is 15.7. The van der Waals surface area contributed by atoms with Crippen LogP contribution in [0.1, 0.15) is 18.4 Å². The number of aryl methyl sites for hydroxylation is 1. The molecule has 1 fully saturated rings. The molecule has 0 aliphatic carbocycles. The van der Waals surface area contributed by atoms with Crippen molar-refractivity contribution in [3.63, 3.8) is 0 Å². The van der Waals surface area contributed by atoms with Crippen LogP contribution in [0, 0.1) is 12.8 Å². The van der Waals surface area contributed by atoms with Crippen molar-refractivity contribution < 1.29 is 9.32 Å². The van der Waals surface area contributed by atoms with Gasteiger partial charge in [-0.25, -0.2) is 0 Å². The van der Waals surface area contributed by atoms with Crippen molar-refractivity contribution in [1.29, 1.82) is 0 Å². The number of rotatable bonds is 6. The third-order valence-corrected chi connectivity index (χ3v) is 4.75. The highest BCUT2D eigenvalue weighted by Crippen LogP contribution is 2.17. The molecule has 1 unspecified atom stereocenters. The van der Waals surface area contributed by atoms with Crippen LogP contribution in [0.5, 0.6) is 0 Å². The zero-order chi connectivity index (χ0) is 18.5. The summed E-state index contributed by atoms with van der Waals surface area (Å²) in [7, 11) is 1.87. The first-order valence-corrected chi connectivity index (χ1v) is 9.12. The number of amides is 1. The third-order valence-electron chi connectivity index (χ3n) is 4.75. The highest BCUT2D eigenvalue weighted by Gasteiger charge is 2.25. The summed E-state index contributed by atoms with van der Waals surface area (Å²) in [6.45, 7) is 8.47. The topological polar surface area (TPSA) is 74.5 Å². The van der Waals surface area contributed by atoms with Crippen molar-refractivity contribution in [2.75, 3.05) is 39.8 Å². The average Bonchev–Trinajstić information content (AvgIpc) is 3.11. The second-order valence-electron chi connectivity index (χ2n) is 6.94. The monoisotopic (exact) mass is 357 g/mol. The van der Waals surface area contributed by atoms with Crippen LogP contribution in [0.15, 0.2) is 28.8 Å². The minimum absolute atomic E-state index is 0.0135. The molecule has 140 valence electrons. The quantitative estimate of drug-likeness (QED) is 0.845. The highest BCUT2D eigenvalue weighted by molar-refractivity contribution is 5.78. The molecule has 0 radical (unpaired) electrons. The van der Waals surface area contributed by atoms with E-state index in [1.54, 1.807) is 0 Å². The second-order valence-corrected chi connectivity index (χ2v) is 6.94. The fourth-order valence-electron chi connectivity index (χ4n) is 3.16. The molecule has 26 heavy (non-hydrogen) atoms. The molecule has 1 aromatic carbocycles. The van der Waals surface area contributed by atoms with E-state index in [0.717, 1.165) is 31.7 Å². The number of benzene rings is 1. The summed E-state index contributed by atoms with van der Waals surface area (Å²) in [5.41, 5.74) is 2.16. The van der Waals surface area contributed by atoms with E-state index in [1.807, 2.05) is 43.1 Å². The number of piperazine rings is 1. The van der Waals surface area contributed by atoms with Crippen LogP contribution < -0.4 is 5.32 Å². The minimum Gasteiger partial charge on any atom is -0.340 e. The van der Waals surface area contributed by atoms with Crippen molar-refractivity contribution in [2.24, 2.45) is 5.92 Å². The van der Waals surface area contributed by atoms with Gasteiger partial charge in [-0.15, -0.1) is 0 Å². The number of nitrogens with zero attached hydrogens (tertiary/aromatic N) is 4. The Kier molecular flexibility index (Phi) is 6.00. The van der Waals surface area contributed by atoms with Crippen molar-refractivity contribution in [1.82, 2.24) is 25.3 Å². The maximum absolute atomic E-state index is 12.4. The van der Waals surface area contributed by atoms with E-state index in [1.165, 1.54) is 5.56 Å². The third kappa shape index (κ3) is 4.47. The molecule has 1 aliphatic heterocycles. The summed E-state index contributed by atoms with van der Waals surface area (Å²) in [5.74, 6) is 1.47. The predicted molar refractivity (Wildman–Crippen MR) is 99.4 cm³/mol.